The molecule has 4 aromatic rings. The van der Waals surface area contributed by atoms with E-state index in [1.54, 1.807) is 0 Å². The number of amides is 1. The van der Waals surface area contributed by atoms with Crippen molar-refractivity contribution in [3.63, 3.8) is 0 Å². The molecule has 8 nitrogen and oxygen atoms in total. The highest BCUT2D eigenvalue weighted by atomic mass is 32.1. The molecular weight excluding hydrogens is 438 g/mol. The number of rotatable bonds is 3. The Morgan fingerprint density at radius 1 is 1.00 bits per heavy atom. The van der Waals surface area contributed by atoms with Crippen molar-refractivity contribution in [1.82, 2.24) is 19.8 Å². The fraction of sp³-hybridized carbons (Fsp3) is 0.375. The average molecular weight is 464 g/mol. The van der Waals surface area contributed by atoms with Crippen LogP contribution in [0.3, 0.4) is 0 Å². The number of anilines is 1. The van der Waals surface area contributed by atoms with Gasteiger partial charge >= 0.3 is 0 Å². The summed E-state index contributed by atoms with van der Waals surface area (Å²) < 4.78 is 8.46. The van der Waals surface area contributed by atoms with Gasteiger partial charge in [-0.05, 0) is 37.1 Å². The van der Waals surface area contributed by atoms with Crippen molar-refractivity contribution < 1.29 is 9.53 Å². The molecule has 3 aromatic heterocycles. The Hall–Kier alpha value is -3.01. The van der Waals surface area contributed by atoms with Gasteiger partial charge in [0, 0.05) is 26.2 Å². The number of pyridine rings is 2. The standard InChI is InChI=1S/C24H25N5O3S/c30-21-16-8-9-19(27-12-14-32-15-13-27)25-22(16)29-17-6-2-3-7-18(17)33-24(29)20(21)23(31)26-28-10-4-1-5-11-28/h2-3,6-9H,1,4-5,10-15H2,(H,26,31). The van der Waals surface area contributed by atoms with Crippen molar-refractivity contribution in [1.29, 1.82) is 0 Å². The Morgan fingerprint density at radius 3 is 2.61 bits per heavy atom. The summed E-state index contributed by atoms with van der Waals surface area (Å²) in [5.74, 6) is 0.477. The number of piperidine rings is 1. The molecule has 2 aliphatic rings. The lowest BCUT2D eigenvalue weighted by Gasteiger charge is -2.28. The summed E-state index contributed by atoms with van der Waals surface area (Å²) in [5.41, 5.74) is 4.44. The fourth-order valence-corrected chi connectivity index (χ4v) is 5.93. The number of nitrogens with zero attached hydrogens (tertiary/aromatic N) is 4. The van der Waals surface area contributed by atoms with Gasteiger partial charge in [0.25, 0.3) is 5.91 Å². The van der Waals surface area contributed by atoms with Crippen molar-refractivity contribution in [3.05, 3.63) is 52.2 Å². The highest BCUT2D eigenvalue weighted by Gasteiger charge is 2.25. The summed E-state index contributed by atoms with van der Waals surface area (Å²) in [7, 11) is 0. The maximum Gasteiger partial charge on any atom is 0.272 e. The Labute approximate surface area is 194 Å². The normalized spacial score (nSPS) is 17.8. The molecule has 0 aliphatic carbocycles. The lowest BCUT2D eigenvalue weighted by molar-refractivity contribution is 0.0751. The maximum atomic E-state index is 13.6. The number of ether oxygens (including phenoxy) is 1. The first-order chi connectivity index (χ1) is 16.2. The molecule has 170 valence electrons. The van der Waals surface area contributed by atoms with Gasteiger partial charge in [-0.1, -0.05) is 18.6 Å². The average Bonchev–Trinajstić information content (AvgIpc) is 3.24. The number of fused-ring (bicyclic) bond motifs is 5. The lowest BCUT2D eigenvalue weighted by atomic mass is 10.1. The third kappa shape index (κ3) is 3.56. The second-order valence-electron chi connectivity index (χ2n) is 8.54. The molecule has 2 fully saturated rings. The van der Waals surface area contributed by atoms with Crippen LogP contribution in [0.2, 0.25) is 0 Å². The summed E-state index contributed by atoms with van der Waals surface area (Å²) >= 11 is 1.46. The summed E-state index contributed by atoms with van der Waals surface area (Å²) in [4.78, 5) is 34.7. The Balaban J connectivity index is 1.57. The first-order valence-corrected chi connectivity index (χ1v) is 12.3. The van der Waals surface area contributed by atoms with Crippen LogP contribution in [0.15, 0.2) is 41.2 Å². The van der Waals surface area contributed by atoms with Crippen LogP contribution in [0.25, 0.3) is 26.1 Å². The summed E-state index contributed by atoms with van der Waals surface area (Å²) in [5, 5.41) is 2.39. The van der Waals surface area contributed by atoms with E-state index in [2.05, 4.69) is 10.3 Å². The zero-order valence-corrected chi connectivity index (χ0v) is 19.1. The highest BCUT2D eigenvalue weighted by molar-refractivity contribution is 7.24. The zero-order chi connectivity index (χ0) is 22.4. The van der Waals surface area contributed by atoms with Crippen molar-refractivity contribution in [2.24, 2.45) is 0 Å². The molecule has 0 saturated carbocycles. The van der Waals surface area contributed by atoms with Gasteiger partial charge in [-0.2, -0.15) is 0 Å². The number of aromatic nitrogens is 2. The molecule has 1 amide bonds. The SMILES string of the molecule is O=C(NN1CCCCC1)c1c(=O)c2ccc(N3CCOCC3)nc2n2c1sc1ccccc12. The van der Waals surface area contributed by atoms with Crippen LogP contribution in [0, 0.1) is 0 Å². The topological polar surface area (TPSA) is 79.2 Å². The van der Waals surface area contributed by atoms with Crippen molar-refractivity contribution in [3.8, 4) is 0 Å². The van der Waals surface area contributed by atoms with E-state index in [4.69, 9.17) is 9.72 Å². The molecule has 1 N–H and O–H groups in total. The van der Waals surface area contributed by atoms with Gasteiger partial charge in [0.15, 0.2) is 5.65 Å². The number of hydrogen-bond donors (Lipinski definition) is 1. The minimum atomic E-state index is -0.342. The number of carbonyl (C=O) groups is 1. The third-order valence-corrected chi connectivity index (χ3v) is 7.60. The number of hydrazine groups is 1. The number of nitrogens with one attached hydrogen (secondary N) is 1. The van der Waals surface area contributed by atoms with Crippen molar-refractivity contribution in [2.45, 2.75) is 19.3 Å². The predicted molar refractivity (Wildman–Crippen MR) is 130 cm³/mol. The quantitative estimate of drug-likeness (QED) is 0.503. The van der Waals surface area contributed by atoms with Gasteiger partial charge in [0.2, 0.25) is 5.43 Å². The van der Waals surface area contributed by atoms with Crippen LogP contribution in [-0.2, 0) is 4.74 Å². The zero-order valence-electron chi connectivity index (χ0n) is 18.2. The molecule has 2 saturated heterocycles. The van der Waals surface area contributed by atoms with E-state index in [1.807, 2.05) is 45.8 Å². The van der Waals surface area contributed by atoms with Gasteiger partial charge in [-0.15, -0.1) is 11.3 Å². The summed E-state index contributed by atoms with van der Waals surface area (Å²) in [6.45, 7) is 4.45. The first kappa shape index (κ1) is 20.6. The van der Waals surface area contributed by atoms with Crippen molar-refractivity contribution >= 4 is 49.1 Å². The van der Waals surface area contributed by atoms with Gasteiger partial charge in [0.05, 0.1) is 28.8 Å². The minimum Gasteiger partial charge on any atom is -0.378 e. The van der Waals surface area contributed by atoms with Crippen LogP contribution in [0.5, 0.6) is 0 Å². The van der Waals surface area contributed by atoms with Crippen LogP contribution in [0.1, 0.15) is 29.6 Å². The van der Waals surface area contributed by atoms with Gasteiger partial charge in [-0.3, -0.25) is 19.4 Å². The van der Waals surface area contributed by atoms with E-state index >= 15 is 0 Å². The fourth-order valence-electron chi connectivity index (χ4n) is 4.75. The molecular formula is C24H25N5O3S. The molecule has 2 aliphatic heterocycles. The van der Waals surface area contributed by atoms with Gasteiger partial charge < -0.3 is 9.64 Å². The number of hydrogen-bond acceptors (Lipinski definition) is 7. The molecule has 9 heteroatoms. The number of para-hydroxylation sites is 1. The first-order valence-electron chi connectivity index (χ1n) is 11.5. The molecule has 0 radical (unpaired) electrons. The Kier molecular flexibility index (Phi) is 5.24. The summed E-state index contributed by atoms with van der Waals surface area (Å²) in [6, 6.07) is 11.7. The third-order valence-electron chi connectivity index (χ3n) is 6.45. The predicted octanol–water partition coefficient (Wildman–Crippen LogP) is 3.03. The van der Waals surface area contributed by atoms with Gasteiger partial charge in [0.1, 0.15) is 16.2 Å². The lowest BCUT2D eigenvalue weighted by Crippen LogP contribution is -2.46. The minimum absolute atomic E-state index is 0.190. The number of thiazole rings is 1. The van der Waals surface area contributed by atoms with Crippen LogP contribution < -0.4 is 15.8 Å². The summed E-state index contributed by atoms with van der Waals surface area (Å²) in [6.07, 6.45) is 3.26. The van der Waals surface area contributed by atoms with Crippen LogP contribution in [0.4, 0.5) is 5.82 Å². The molecule has 0 bridgehead atoms. The Bertz CT molecular complexity index is 1420. The maximum absolute atomic E-state index is 13.6. The molecule has 0 spiro atoms. The monoisotopic (exact) mass is 463 g/mol. The number of benzene rings is 1. The van der Waals surface area contributed by atoms with E-state index < -0.39 is 0 Å². The highest BCUT2D eigenvalue weighted by Crippen LogP contribution is 2.31. The van der Waals surface area contributed by atoms with Crippen LogP contribution >= 0.6 is 11.3 Å². The van der Waals surface area contributed by atoms with Crippen LogP contribution in [-0.4, -0.2) is 59.7 Å². The molecule has 1 aromatic carbocycles. The second-order valence-corrected chi connectivity index (χ2v) is 9.57. The van der Waals surface area contributed by atoms with E-state index in [9.17, 15) is 9.59 Å². The molecule has 33 heavy (non-hydrogen) atoms. The van der Waals surface area contributed by atoms with Gasteiger partial charge in [-0.25, -0.2) is 9.99 Å². The molecule has 0 unspecified atom stereocenters. The molecule has 6 rings (SSSR count). The number of carbonyl (C=O) groups excluding carboxylic acids is 1. The molecule has 5 heterocycles. The molecule has 0 atom stereocenters. The van der Waals surface area contributed by atoms with E-state index in [0.717, 1.165) is 55.1 Å². The smallest absolute Gasteiger partial charge is 0.272 e. The van der Waals surface area contributed by atoms with Crippen molar-refractivity contribution in [2.75, 3.05) is 44.3 Å². The van der Waals surface area contributed by atoms with E-state index in [1.165, 1.54) is 17.8 Å². The van der Waals surface area contributed by atoms with E-state index in [-0.39, 0.29) is 16.9 Å². The second kappa shape index (κ2) is 8.40. The largest absolute Gasteiger partial charge is 0.378 e. The number of morpholine rings is 1. The Morgan fingerprint density at radius 2 is 1.79 bits per heavy atom. The van der Waals surface area contributed by atoms with E-state index in [0.29, 0.717) is 29.1 Å².